The van der Waals surface area contributed by atoms with Gasteiger partial charge in [-0.15, -0.1) is 0 Å². The summed E-state index contributed by atoms with van der Waals surface area (Å²) in [6, 6.07) is 0.238. The topological polar surface area (TPSA) is 66.4 Å². The largest absolute Gasteiger partial charge is 0.481 e. The van der Waals surface area contributed by atoms with Gasteiger partial charge in [-0.2, -0.15) is 11.8 Å². The number of rotatable bonds is 5. The third kappa shape index (κ3) is 2.91. The lowest BCUT2D eigenvalue weighted by molar-refractivity contribution is -0.140. The van der Waals surface area contributed by atoms with Crippen molar-refractivity contribution in [3.05, 3.63) is 0 Å². The number of carbonyl (C=O) groups excluding carboxylic acids is 1. The van der Waals surface area contributed by atoms with Crippen LogP contribution >= 0.6 is 11.8 Å². The molecular weight excluding hydrogens is 262 g/mol. The van der Waals surface area contributed by atoms with Crippen LogP contribution in [0, 0.1) is 17.3 Å². The Morgan fingerprint density at radius 3 is 2.53 bits per heavy atom. The minimum absolute atomic E-state index is 0.0652. The third-order valence-electron chi connectivity index (χ3n) is 4.51. The van der Waals surface area contributed by atoms with Crippen LogP contribution < -0.4 is 5.32 Å². The van der Waals surface area contributed by atoms with Gasteiger partial charge < -0.3 is 10.4 Å². The van der Waals surface area contributed by atoms with Gasteiger partial charge in [-0.25, -0.2) is 0 Å². The monoisotopic (exact) mass is 285 g/mol. The highest BCUT2D eigenvalue weighted by Crippen LogP contribution is 2.58. The number of amides is 1. The van der Waals surface area contributed by atoms with Crippen LogP contribution in [0.25, 0.3) is 0 Å². The zero-order valence-electron chi connectivity index (χ0n) is 11.8. The molecule has 0 saturated heterocycles. The molecule has 2 aliphatic rings. The fraction of sp³-hybridized carbons (Fsp3) is 0.857. The smallest absolute Gasteiger partial charge is 0.307 e. The van der Waals surface area contributed by atoms with E-state index < -0.39 is 17.3 Å². The normalized spacial score (nSPS) is 35.9. The quantitative estimate of drug-likeness (QED) is 0.812. The van der Waals surface area contributed by atoms with Gasteiger partial charge in [0, 0.05) is 11.3 Å². The molecule has 0 heterocycles. The molecular formula is C14H23NO3S. The molecule has 4 nitrogen and oxygen atoms in total. The lowest BCUT2D eigenvalue weighted by atomic mass is 10.1. The van der Waals surface area contributed by atoms with Crippen LogP contribution in [0.15, 0.2) is 0 Å². The van der Waals surface area contributed by atoms with Crippen LogP contribution in [0.5, 0.6) is 0 Å². The number of nitrogens with one attached hydrogen (secondary N) is 1. The summed E-state index contributed by atoms with van der Waals surface area (Å²) in [5.74, 6) is -0.680. The van der Waals surface area contributed by atoms with Crippen molar-refractivity contribution in [2.24, 2.45) is 17.3 Å². The van der Waals surface area contributed by atoms with Crippen molar-refractivity contribution in [3.8, 4) is 0 Å². The van der Waals surface area contributed by atoms with Crippen molar-refractivity contribution in [2.45, 2.75) is 51.3 Å². The van der Waals surface area contributed by atoms with Gasteiger partial charge in [0.2, 0.25) is 5.91 Å². The van der Waals surface area contributed by atoms with Gasteiger partial charge in [-0.3, -0.25) is 9.59 Å². The standard InChI is InChI=1S/C14H23NO3S/c1-4-19-9-6-5-8(7-9)15-12(16)10-11(13(17)18)14(10,2)3/h8-11H,4-7H2,1-3H3,(H,15,16)(H,17,18). The van der Waals surface area contributed by atoms with E-state index in [-0.39, 0.29) is 17.9 Å². The van der Waals surface area contributed by atoms with Crippen molar-refractivity contribution < 1.29 is 14.7 Å². The summed E-state index contributed by atoms with van der Waals surface area (Å²) in [5.41, 5.74) is -0.397. The first-order valence-corrected chi connectivity index (χ1v) is 8.07. The molecule has 2 rings (SSSR count). The molecule has 4 unspecified atom stereocenters. The Bertz CT molecular complexity index is 383. The number of carboxylic acid groups (broad SMARTS) is 1. The lowest BCUT2D eigenvalue weighted by Crippen LogP contribution is -2.35. The van der Waals surface area contributed by atoms with Gasteiger partial charge in [-0.05, 0) is 30.4 Å². The summed E-state index contributed by atoms with van der Waals surface area (Å²) in [4.78, 5) is 23.3. The van der Waals surface area contributed by atoms with E-state index in [1.165, 1.54) is 0 Å². The Hall–Kier alpha value is -0.710. The highest BCUT2D eigenvalue weighted by molar-refractivity contribution is 7.99. The molecule has 108 valence electrons. The summed E-state index contributed by atoms with van der Waals surface area (Å²) in [6.07, 6.45) is 3.20. The molecule has 19 heavy (non-hydrogen) atoms. The zero-order chi connectivity index (χ0) is 14.2. The Morgan fingerprint density at radius 1 is 1.32 bits per heavy atom. The first-order chi connectivity index (χ1) is 8.87. The molecule has 2 fully saturated rings. The van der Waals surface area contributed by atoms with Crippen molar-refractivity contribution in [1.82, 2.24) is 5.32 Å². The van der Waals surface area contributed by atoms with Crippen LogP contribution in [0.1, 0.15) is 40.0 Å². The fourth-order valence-electron chi connectivity index (χ4n) is 3.34. The molecule has 0 aliphatic heterocycles. The number of carbonyl (C=O) groups is 2. The number of aliphatic carboxylic acids is 1. The highest BCUT2D eigenvalue weighted by atomic mass is 32.2. The van der Waals surface area contributed by atoms with Crippen LogP contribution in [0.4, 0.5) is 0 Å². The minimum Gasteiger partial charge on any atom is -0.481 e. The van der Waals surface area contributed by atoms with E-state index in [1.54, 1.807) is 0 Å². The maximum absolute atomic E-state index is 12.2. The third-order valence-corrected chi connectivity index (χ3v) is 5.74. The maximum atomic E-state index is 12.2. The van der Waals surface area contributed by atoms with E-state index in [4.69, 9.17) is 5.11 Å². The molecule has 0 aromatic rings. The van der Waals surface area contributed by atoms with Crippen molar-refractivity contribution in [3.63, 3.8) is 0 Å². The molecule has 2 saturated carbocycles. The summed E-state index contributed by atoms with van der Waals surface area (Å²) < 4.78 is 0. The zero-order valence-corrected chi connectivity index (χ0v) is 12.6. The molecule has 0 aromatic heterocycles. The van der Waals surface area contributed by atoms with Gasteiger partial charge in [0.05, 0.1) is 11.8 Å². The van der Waals surface area contributed by atoms with Crippen molar-refractivity contribution >= 4 is 23.6 Å². The van der Waals surface area contributed by atoms with E-state index in [0.717, 1.165) is 25.0 Å². The molecule has 4 atom stereocenters. The Morgan fingerprint density at radius 2 is 2.00 bits per heavy atom. The first kappa shape index (κ1) is 14.7. The van der Waals surface area contributed by atoms with E-state index >= 15 is 0 Å². The van der Waals surface area contributed by atoms with Gasteiger partial charge >= 0.3 is 5.97 Å². The van der Waals surface area contributed by atoms with Crippen molar-refractivity contribution in [2.75, 3.05) is 5.75 Å². The molecule has 5 heteroatoms. The molecule has 2 N–H and O–H groups in total. The van der Waals surface area contributed by atoms with Gasteiger partial charge in [-0.1, -0.05) is 20.8 Å². The predicted molar refractivity (Wildman–Crippen MR) is 76.1 cm³/mol. The second kappa shape index (κ2) is 5.35. The molecule has 0 bridgehead atoms. The average Bonchev–Trinajstić information content (AvgIpc) is 2.65. The van der Waals surface area contributed by atoms with E-state index in [0.29, 0.717) is 5.25 Å². The molecule has 2 aliphatic carbocycles. The lowest BCUT2D eigenvalue weighted by Gasteiger charge is -2.13. The van der Waals surface area contributed by atoms with Gasteiger partial charge in [0.25, 0.3) is 0 Å². The second-order valence-corrected chi connectivity index (χ2v) is 7.79. The van der Waals surface area contributed by atoms with Gasteiger partial charge in [0.1, 0.15) is 0 Å². The molecule has 0 spiro atoms. The average molecular weight is 285 g/mol. The van der Waals surface area contributed by atoms with Crippen LogP contribution in [0.3, 0.4) is 0 Å². The maximum Gasteiger partial charge on any atom is 0.307 e. The van der Waals surface area contributed by atoms with E-state index in [2.05, 4.69) is 12.2 Å². The first-order valence-electron chi connectivity index (χ1n) is 7.02. The van der Waals surface area contributed by atoms with Crippen LogP contribution in [-0.2, 0) is 9.59 Å². The van der Waals surface area contributed by atoms with Gasteiger partial charge in [0.15, 0.2) is 0 Å². The number of carboxylic acids is 1. The minimum atomic E-state index is -0.851. The Balaban J connectivity index is 1.85. The number of thioether (sulfide) groups is 1. The van der Waals surface area contributed by atoms with Crippen LogP contribution in [-0.4, -0.2) is 34.0 Å². The Labute approximate surface area is 118 Å². The highest BCUT2D eigenvalue weighted by Gasteiger charge is 2.66. The summed E-state index contributed by atoms with van der Waals surface area (Å²) in [7, 11) is 0. The Kier molecular flexibility index (Phi) is 4.14. The summed E-state index contributed by atoms with van der Waals surface area (Å²) in [6.45, 7) is 5.88. The predicted octanol–water partition coefficient (Wildman–Crippen LogP) is 2.13. The van der Waals surface area contributed by atoms with E-state index in [9.17, 15) is 9.59 Å². The summed E-state index contributed by atoms with van der Waals surface area (Å²) in [5, 5.41) is 12.8. The summed E-state index contributed by atoms with van der Waals surface area (Å²) >= 11 is 1.95. The fourth-order valence-corrected chi connectivity index (χ4v) is 4.48. The molecule has 1 amide bonds. The molecule has 0 aromatic carbocycles. The van der Waals surface area contributed by atoms with Crippen LogP contribution in [0.2, 0.25) is 0 Å². The number of hydrogen-bond acceptors (Lipinski definition) is 3. The SMILES string of the molecule is CCSC1CCC(NC(=O)C2C(C(=O)O)C2(C)C)C1. The second-order valence-electron chi connectivity index (χ2n) is 6.21. The molecule has 0 radical (unpaired) electrons. The van der Waals surface area contributed by atoms with E-state index in [1.807, 2.05) is 25.6 Å². The number of hydrogen-bond donors (Lipinski definition) is 2. The van der Waals surface area contributed by atoms with Crippen molar-refractivity contribution in [1.29, 1.82) is 0 Å².